The van der Waals surface area contributed by atoms with Crippen molar-refractivity contribution in [2.24, 2.45) is 5.73 Å². The van der Waals surface area contributed by atoms with Crippen molar-refractivity contribution < 1.29 is 4.79 Å². The second kappa shape index (κ2) is 5.77. The zero-order valence-corrected chi connectivity index (χ0v) is 12.0. The van der Waals surface area contributed by atoms with Gasteiger partial charge in [-0.2, -0.15) is 0 Å². The van der Waals surface area contributed by atoms with Crippen molar-refractivity contribution >= 4 is 16.9 Å². The molecule has 1 heterocycles. The lowest BCUT2D eigenvalue weighted by atomic mass is 9.82. The van der Waals surface area contributed by atoms with E-state index in [1.807, 2.05) is 24.3 Å². The van der Waals surface area contributed by atoms with E-state index in [1.54, 1.807) is 0 Å². The first kappa shape index (κ1) is 13.9. The van der Waals surface area contributed by atoms with Crippen molar-refractivity contribution in [3.05, 3.63) is 36.2 Å². The van der Waals surface area contributed by atoms with Gasteiger partial charge in [0.2, 0.25) is 0 Å². The summed E-state index contributed by atoms with van der Waals surface area (Å²) < 4.78 is 0. The van der Waals surface area contributed by atoms with Gasteiger partial charge in [0.15, 0.2) is 0 Å². The minimum Gasteiger partial charge on any atom is -0.349 e. The van der Waals surface area contributed by atoms with E-state index in [0.717, 1.165) is 36.7 Å². The third-order valence-electron chi connectivity index (χ3n) is 4.13. The summed E-state index contributed by atoms with van der Waals surface area (Å²) in [7, 11) is 0. The van der Waals surface area contributed by atoms with Gasteiger partial charge in [-0.25, -0.2) is 4.98 Å². The van der Waals surface area contributed by atoms with Gasteiger partial charge >= 0.3 is 0 Å². The maximum absolute atomic E-state index is 12.2. The topological polar surface area (TPSA) is 80.9 Å². The summed E-state index contributed by atoms with van der Waals surface area (Å²) in [5.74, 6) is -0.205. The number of nitrogens with zero attached hydrogens (tertiary/aromatic N) is 2. The minimum atomic E-state index is -0.266. The van der Waals surface area contributed by atoms with Crippen LogP contribution in [-0.2, 0) is 0 Å². The number of aromatic nitrogens is 2. The molecular weight excluding hydrogens is 264 g/mol. The number of para-hydroxylation sites is 2. The van der Waals surface area contributed by atoms with Crippen LogP contribution in [0.4, 0.5) is 0 Å². The Morgan fingerprint density at radius 2 is 1.90 bits per heavy atom. The molecule has 21 heavy (non-hydrogen) atoms. The summed E-state index contributed by atoms with van der Waals surface area (Å²) in [5.41, 5.74) is 7.92. The summed E-state index contributed by atoms with van der Waals surface area (Å²) >= 11 is 0. The SMILES string of the molecule is NC1(CNC(=O)c2cnc3ccccc3n2)CCCCC1. The molecule has 1 aliphatic rings. The summed E-state index contributed by atoms with van der Waals surface area (Å²) in [5, 5.41) is 2.91. The Bertz CT molecular complexity index is 650. The zero-order valence-electron chi connectivity index (χ0n) is 12.0. The summed E-state index contributed by atoms with van der Waals surface area (Å²) in [6.45, 7) is 0.500. The molecule has 1 aromatic heterocycles. The highest BCUT2D eigenvalue weighted by Crippen LogP contribution is 2.25. The van der Waals surface area contributed by atoms with Gasteiger partial charge in [-0.05, 0) is 25.0 Å². The third kappa shape index (κ3) is 3.19. The van der Waals surface area contributed by atoms with E-state index < -0.39 is 0 Å². The number of nitrogens with one attached hydrogen (secondary N) is 1. The van der Waals surface area contributed by atoms with Crippen LogP contribution in [0.15, 0.2) is 30.5 Å². The van der Waals surface area contributed by atoms with Crippen LogP contribution in [0.5, 0.6) is 0 Å². The maximum Gasteiger partial charge on any atom is 0.271 e. The molecule has 0 radical (unpaired) electrons. The van der Waals surface area contributed by atoms with Crippen LogP contribution >= 0.6 is 0 Å². The Balaban J connectivity index is 1.69. The molecule has 0 saturated heterocycles. The van der Waals surface area contributed by atoms with Gasteiger partial charge in [-0.15, -0.1) is 0 Å². The average molecular weight is 284 g/mol. The van der Waals surface area contributed by atoms with E-state index >= 15 is 0 Å². The van der Waals surface area contributed by atoms with Crippen LogP contribution in [0.1, 0.15) is 42.6 Å². The van der Waals surface area contributed by atoms with Crippen molar-refractivity contribution in [2.45, 2.75) is 37.6 Å². The number of carbonyl (C=O) groups is 1. The Kier molecular flexibility index (Phi) is 3.84. The molecule has 0 atom stereocenters. The molecule has 1 amide bonds. The fourth-order valence-electron chi connectivity index (χ4n) is 2.85. The molecule has 3 rings (SSSR count). The summed E-state index contributed by atoms with van der Waals surface area (Å²) in [6, 6.07) is 7.51. The second-order valence-electron chi connectivity index (χ2n) is 5.85. The molecule has 1 aromatic carbocycles. The zero-order chi connectivity index (χ0) is 14.7. The second-order valence-corrected chi connectivity index (χ2v) is 5.85. The number of nitrogens with two attached hydrogens (primary N) is 1. The molecule has 0 unspecified atom stereocenters. The number of amides is 1. The molecule has 0 bridgehead atoms. The number of hydrogen-bond acceptors (Lipinski definition) is 4. The van der Waals surface area contributed by atoms with Crippen LogP contribution in [0.25, 0.3) is 11.0 Å². The molecule has 110 valence electrons. The highest BCUT2D eigenvalue weighted by Gasteiger charge is 2.28. The average Bonchev–Trinajstić information content (AvgIpc) is 2.53. The van der Waals surface area contributed by atoms with Gasteiger partial charge in [0.05, 0.1) is 17.2 Å². The first-order chi connectivity index (χ1) is 10.2. The first-order valence-electron chi connectivity index (χ1n) is 7.45. The van der Waals surface area contributed by atoms with Crippen LogP contribution in [-0.4, -0.2) is 28.0 Å². The molecular formula is C16H20N4O. The predicted octanol–water partition coefficient (Wildman–Crippen LogP) is 2.02. The van der Waals surface area contributed by atoms with E-state index in [1.165, 1.54) is 12.6 Å². The molecule has 1 saturated carbocycles. The van der Waals surface area contributed by atoms with E-state index in [0.29, 0.717) is 12.2 Å². The Labute approximate surface area is 124 Å². The smallest absolute Gasteiger partial charge is 0.271 e. The lowest BCUT2D eigenvalue weighted by Gasteiger charge is -2.33. The molecule has 3 N–H and O–H groups in total. The van der Waals surface area contributed by atoms with Crippen molar-refractivity contribution in [1.29, 1.82) is 0 Å². The lowest BCUT2D eigenvalue weighted by Crippen LogP contribution is -2.51. The quantitative estimate of drug-likeness (QED) is 0.903. The molecule has 0 aliphatic heterocycles. The van der Waals surface area contributed by atoms with Crippen LogP contribution in [0, 0.1) is 0 Å². The van der Waals surface area contributed by atoms with Crippen LogP contribution < -0.4 is 11.1 Å². The Morgan fingerprint density at radius 3 is 2.67 bits per heavy atom. The van der Waals surface area contributed by atoms with Crippen LogP contribution in [0.2, 0.25) is 0 Å². The highest BCUT2D eigenvalue weighted by atomic mass is 16.1. The minimum absolute atomic E-state index is 0.205. The number of hydrogen-bond donors (Lipinski definition) is 2. The van der Waals surface area contributed by atoms with Gasteiger partial charge in [0.25, 0.3) is 5.91 Å². The van der Waals surface area contributed by atoms with E-state index in [2.05, 4.69) is 15.3 Å². The van der Waals surface area contributed by atoms with Gasteiger partial charge in [0, 0.05) is 12.1 Å². The van der Waals surface area contributed by atoms with Gasteiger partial charge in [0.1, 0.15) is 5.69 Å². The van der Waals surface area contributed by atoms with Gasteiger partial charge in [-0.1, -0.05) is 31.4 Å². The van der Waals surface area contributed by atoms with E-state index in [9.17, 15) is 4.79 Å². The highest BCUT2D eigenvalue weighted by molar-refractivity contribution is 5.93. The van der Waals surface area contributed by atoms with Gasteiger partial charge < -0.3 is 11.1 Å². The molecule has 1 aliphatic carbocycles. The monoisotopic (exact) mass is 284 g/mol. The fourth-order valence-corrected chi connectivity index (χ4v) is 2.85. The largest absolute Gasteiger partial charge is 0.349 e. The molecule has 5 nitrogen and oxygen atoms in total. The number of fused-ring (bicyclic) bond motifs is 1. The molecule has 5 heteroatoms. The fraction of sp³-hybridized carbons (Fsp3) is 0.438. The van der Waals surface area contributed by atoms with Crippen LogP contribution in [0.3, 0.4) is 0 Å². The lowest BCUT2D eigenvalue weighted by molar-refractivity contribution is 0.0932. The molecule has 0 spiro atoms. The van der Waals surface area contributed by atoms with Crippen molar-refractivity contribution in [3.63, 3.8) is 0 Å². The third-order valence-corrected chi connectivity index (χ3v) is 4.13. The van der Waals surface area contributed by atoms with E-state index in [4.69, 9.17) is 5.73 Å². The maximum atomic E-state index is 12.2. The van der Waals surface area contributed by atoms with Crippen molar-refractivity contribution in [2.75, 3.05) is 6.54 Å². The standard InChI is InChI=1S/C16H20N4O/c17-16(8-4-1-5-9-16)11-19-15(21)14-10-18-12-6-2-3-7-13(12)20-14/h2-3,6-7,10H,1,4-5,8-9,11,17H2,(H,19,21). The molecule has 1 fully saturated rings. The summed E-state index contributed by atoms with van der Waals surface area (Å²) in [4.78, 5) is 20.8. The number of benzene rings is 1. The van der Waals surface area contributed by atoms with Crippen molar-refractivity contribution in [1.82, 2.24) is 15.3 Å². The van der Waals surface area contributed by atoms with Gasteiger partial charge in [-0.3, -0.25) is 9.78 Å². The summed E-state index contributed by atoms with van der Waals surface area (Å²) in [6.07, 6.45) is 6.97. The molecule has 2 aromatic rings. The number of rotatable bonds is 3. The Morgan fingerprint density at radius 1 is 1.19 bits per heavy atom. The predicted molar refractivity (Wildman–Crippen MR) is 81.9 cm³/mol. The first-order valence-corrected chi connectivity index (χ1v) is 7.45. The Hall–Kier alpha value is -2.01. The normalized spacial score (nSPS) is 17.6. The van der Waals surface area contributed by atoms with E-state index in [-0.39, 0.29) is 11.4 Å². The number of carbonyl (C=O) groups excluding carboxylic acids is 1. The van der Waals surface area contributed by atoms with Crippen molar-refractivity contribution in [3.8, 4) is 0 Å².